The molecule has 0 bridgehead atoms. The van der Waals surface area contributed by atoms with Crippen LogP contribution in [0.5, 0.6) is 0 Å². The zero-order valence-electron chi connectivity index (χ0n) is 10.1. The van der Waals surface area contributed by atoms with Crippen LogP contribution in [0.25, 0.3) is 0 Å². The number of nitriles is 1. The van der Waals surface area contributed by atoms with Gasteiger partial charge < -0.3 is 5.32 Å². The molecular formula is C10H12N4O4S. The molecule has 0 spiro atoms. The molecular weight excluding hydrogens is 272 g/mol. The number of benzene rings is 1. The summed E-state index contributed by atoms with van der Waals surface area (Å²) in [4.78, 5) is 9.99. The molecule has 1 rings (SSSR count). The van der Waals surface area contributed by atoms with Crippen LogP contribution in [0.4, 0.5) is 11.4 Å². The van der Waals surface area contributed by atoms with Gasteiger partial charge >= 0.3 is 0 Å². The van der Waals surface area contributed by atoms with E-state index in [2.05, 4.69) is 10.0 Å². The summed E-state index contributed by atoms with van der Waals surface area (Å²) in [6.45, 7) is 0.480. The second-order valence-corrected chi connectivity index (χ2v) is 5.53. The van der Waals surface area contributed by atoms with Gasteiger partial charge in [-0.3, -0.25) is 10.1 Å². The van der Waals surface area contributed by atoms with Crippen LogP contribution in [0.15, 0.2) is 18.2 Å². The highest BCUT2D eigenvalue weighted by Crippen LogP contribution is 2.21. The highest BCUT2D eigenvalue weighted by atomic mass is 32.2. The number of anilines is 1. The third kappa shape index (κ3) is 4.90. The standard InChI is InChI=1S/C10H12N4O4S/c1-19(17,18)13-5-4-12-9-2-3-10(14(15)16)8(6-9)7-11/h2-3,6,12-13H,4-5H2,1H3. The van der Waals surface area contributed by atoms with E-state index in [0.29, 0.717) is 12.2 Å². The summed E-state index contributed by atoms with van der Waals surface area (Å²) < 4.78 is 23.9. The van der Waals surface area contributed by atoms with Gasteiger partial charge in [0.05, 0.1) is 11.2 Å². The van der Waals surface area contributed by atoms with E-state index in [1.54, 1.807) is 6.07 Å². The van der Waals surface area contributed by atoms with Gasteiger partial charge in [0.25, 0.3) is 5.69 Å². The maximum atomic E-state index is 10.8. The smallest absolute Gasteiger partial charge is 0.287 e. The molecule has 1 aromatic rings. The average molecular weight is 284 g/mol. The zero-order chi connectivity index (χ0) is 14.5. The first-order valence-corrected chi connectivity index (χ1v) is 7.09. The molecule has 0 aliphatic heterocycles. The number of hydrogen-bond acceptors (Lipinski definition) is 6. The maximum Gasteiger partial charge on any atom is 0.287 e. The fourth-order valence-electron chi connectivity index (χ4n) is 1.34. The fraction of sp³-hybridized carbons (Fsp3) is 0.300. The van der Waals surface area contributed by atoms with Crippen molar-refractivity contribution in [3.63, 3.8) is 0 Å². The largest absolute Gasteiger partial charge is 0.384 e. The molecule has 1 aromatic carbocycles. The van der Waals surface area contributed by atoms with Crippen molar-refractivity contribution in [1.82, 2.24) is 4.72 Å². The second-order valence-electron chi connectivity index (χ2n) is 3.69. The highest BCUT2D eigenvalue weighted by Gasteiger charge is 2.13. The van der Waals surface area contributed by atoms with Gasteiger partial charge in [-0.2, -0.15) is 5.26 Å². The number of rotatable bonds is 6. The van der Waals surface area contributed by atoms with Gasteiger partial charge in [-0.15, -0.1) is 0 Å². The summed E-state index contributed by atoms with van der Waals surface area (Å²) in [5.74, 6) is 0. The molecule has 0 heterocycles. The van der Waals surface area contributed by atoms with Crippen molar-refractivity contribution in [1.29, 1.82) is 5.26 Å². The minimum atomic E-state index is -3.24. The summed E-state index contributed by atoms with van der Waals surface area (Å²) in [6, 6.07) is 5.77. The summed E-state index contributed by atoms with van der Waals surface area (Å²) in [5, 5.41) is 22.3. The van der Waals surface area contributed by atoms with E-state index >= 15 is 0 Å². The summed E-state index contributed by atoms with van der Waals surface area (Å²) >= 11 is 0. The van der Waals surface area contributed by atoms with Crippen LogP contribution in [0.2, 0.25) is 0 Å². The van der Waals surface area contributed by atoms with Crippen molar-refractivity contribution in [2.24, 2.45) is 0 Å². The molecule has 9 heteroatoms. The SMILES string of the molecule is CS(=O)(=O)NCCNc1ccc([N+](=O)[O-])c(C#N)c1. The van der Waals surface area contributed by atoms with E-state index in [1.807, 2.05) is 0 Å². The van der Waals surface area contributed by atoms with Crippen molar-refractivity contribution in [3.8, 4) is 6.07 Å². The van der Waals surface area contributed by atoms with Crippen molar-refractivity contribution in [3.05, 3.63) is 33.9 Å². The Morgan fingerprint density at radius 1 is 1.42 bits per heavy atom. The maximum absolute atomic E-state index is 10.8. The summed E-state index contributed by atoms with van der Waals surface area (Å²) in [7, 11) is -3.24. The molecule has 0 atom stereocenters. The molecule has 0 fully saturated rings. The lowest BCUT2D eigenvalue weighted by molar-refractivity contribution is -0.385. The van der Waals surface area contributed by atoms with E-state index in [0.717, 1.165) is 6.26 Å². The van der Waals surface area contributed by atoms with Gasteiger partial charge in [-0.05, 0) is 12.1 Å². The van der Waals surface area contributed by atoms with Crippen molar-refractivity contribution < 1.29 is 13.3 Å². The van der Waals surface area contributed by atoms with Crippen LogP contribution in [0.1, 0.15) is 5.56 Å². The topological polar surface area (TPSA) is 125 Å². The summed E-state index contributed by atoms with van der Waals surface area (Å²) in [6.07, 6.45) is 1.05. The van der Waals surface area contributed by atoms with Crippen LogP contribution in [0.3, 0.4) is 0 Å². The molecule has 0 radical (unpaired) electrons. The molecule has 0 aliphatic carbocycles. The molecule has 19 heavy (non-hydrogen) atoms. The van der Waals surface area contributed by atoms with Crippen molar-refractivity contribution >= 4 is 21.4 Å². The van der Waals surface area contributed by atoms with E-state index in [-0.39, 0.29) is 17.8 Å². The monoisotopic (exact) mass is 284 g/mol. The molecule has 0 aliphatic rings. The van der Waals surface area contributed by atoms with E-state index < -0.39 is 14.9 Å². The van der Waals surface area contributed by atoms with Crippen LogP contribution >= 0.6 is 0 Å². The highest BCUT2D eigenvalue weighted by molar-refractivity contribution is 7.88. The average Bonchev–Trinajstić information content (AvgIpc) is 2.33. The van der Waals surface area contributed by atoms with Crippen LogP contribution in [-0.2, 0) is 10.0 Å². The van der Waals surface area contributed by atoms with E-state index in [4.69, 9.17) is 5.26 Å². The molecule has 0 saturated carbocycles. The van der Waals surface area contributed by atoms with Crippen LogP contribution in [-0.4, -0.2) is 32.7 Å². The molecule has 0 amide bonds. The number of sulfonamides is 1. The fourth-order valence-corrected chi connectivity index (χ4v) is 1.81. The van der Waals surface area contributed by atoms with E-state index in [9.17, 15) is 18.5 Å². The lowest BCUT2D eigenvalue weighted by Gasteiger charge is -2.07. The third-order valence-corrected chi connectivity index (χ3v) is 2.86. The second kappa shape index (κ2) is 6.12. The van der Waals surface area contributed by atoms with Gasteiger partial charge in [0, 0.05) is 24.8 Å². The van der Waals surface area contributed by atoms with E-state index in [1.165, 1.54) is 18.2 Å². The Labute approximate surface area is 110 Å². The molecule has 8 nitrogen and oxygen atoms in total. The van der Waals surface area contributed by atoms with Gasteiger partial charge in [-0.1, -0.05) is 0 Å². The number of nitrogens with zero attached hydrogens (tertiary/aromatic N) is 2. The first kappa shape index (κ1) is 14.9. The quantitative estimate of drug-likeness (QED) is 0.443. The Bertz CT molecular complexity index is 621. The number of hydrogen-bond donors (Lipinski definition) is 2. The Morgan fingerprint density at radius 3 is 2.63 bits per heavy atom. The lowest BCUT2D eigenvalue weighted by Crippen LogP contribution is -2.27. The first-order chi connectivity index (χ1) is 8.83. The first-order valence-electron chi connectivity index (χ1n) is 5.20. The van der Waals surface area contributed by atoms with Gasteiger partial charge in [-0.25, -0.2) is 13.1 Å². The van der Waals surface area contributed by atoms with Crippen molar-refractivity contribution in [2.75, 3.05) is 24.7 Å². The molecule has 0 aromatic heterocycles. The van der Waals surface area contributed by atoms with Crippen molar-refractivity contribution in [2.45, 2.75) is 0 Å². The zero-order valence-corrected chi connectivity index (χ0v) is 10.9. The number of nitro benzene ring substituents is 1. The van der Waals surface area contributed by atoms with Crippen LogP contribution < -0.4 is 10.0 Å². The molecule has 102 valence electrons. The minimum absolute atomic E-state index is 0.0499. The Kier molecular flexibility index (Phi) is 4.80. The Morgan fingerprint density at radius 2 is 2.11 bits per heavy atom. The van der Waals surface area contributed by atoms with Gasteiger partial charge in [0.15, 0.2) is 0 Å². The molecule has 0 unspecified atom stereocenters. The predicted molar refractivity (Wildman–Crippen MR) is 69.1 cm³/mol. The molecule has 0 saturated heterocycles. The Balaban J connectivity index is 2.66. The predicted octanol–water partition coefficient (Wildman–Crippen LogP) is 0.428. The number of nitro groups is 1. The van der Waals surface area contributed by atoms with Crippen LogP contribution in [0, 0.1) is 21.4 Å². The molecule has 2 N–H and O–H groups in total. The van der Waals surface area contributed by atoms with Gasteiger partial charge in [0.1, 0.15) is 11.6 Å². The number of nitrogens with one attached hydrogen (secondary N) is 2. The third-order valence-electron chi connectivity index (χ3n) is 2.13. The summed E-state index contributed by atoms with van der Waals surface area (Å²) in [5.41, 5.74) is 0.200. The normalized spacial score (nSPS) is 10.7. The Hall–Kier alpha value is -2.18. The minimum Gasteiger partial charge on any atom is -0.384 e. The van der Waals surface area contributed by atoms with Gasteiger partial charge in [0.2, 0.25) is 10.0 Å². The lowest BCUT2D eigenvalue weighted by atomic mass is 10.2.